The predicted molar refractivity (Wildman–Crippen MR) is 163 cm³/mol. The molecule has 3 aromatic heterocycles. The predicted octanol–water partition coefficient (Wildman–Crippen LogP) is 2.02. The van der Waals surface area contributed by atoms with Crippen LogP contribution in [0.2, 0.25) is 0 Å². The van der Waals surface area contributed by atoms with Gasteiger partial charge in [-0.05, 0) is 42.8 Å². The molecule has 218 valence electrons. The van der Waals surface area contributed by atoms with Crippen molar-refractivity contribution < 1.29 is 9.59 Å². The molecule has 0 spiro atoms. The number of hydrogen-bond acceptors (Lipinski definition) is 8. The van der Waals surface area contributed by atoms with Crippen LogP contribution in [0.3, 0.4) is 0 Å². The highest BCUT2D eigenvalue weighted by molar-refractivity contribution is 6.01. The highest BCUT2D eigenvalue weighted by Gasteiger charge is 2.22. The Morgan fingerprint density at radius 2 is 1.83 bits per heavy atom. The molecule has 12 nitrogen and oxygen atoms in total. The van der Waals surface area contributed by atoms with Gasteiger partial charge < -0.3 is 31.6 Å². The van der Waals surface area contributed by atoms with E-state index >= 15 is 0 Å². The second kappa shape index (κ2) is 13.2. The normalized spacial score (nSPS) is 13.5. The second-order valence-electron chi connectivity index (χ2n) is 10.00. The number of carbonyl (C=O) groups excluding carboxylic acids is 2. The molecular formula is C30H35N9O3. The summed E-state index contributed by atoms with van der Waals surface area (Å²) in [5, 5.41) is 12.1. The van der Waals surface area contributed by atoms with E-state index in [-0.39, 0.29) is 17.4 Å². The van der Waals surface area contributed by atoms with E-state index in [1.165, 1.54) is 0 Å². The summed E-state index contributed by atoms with van der Waals surface area (Å²) in [6, 6.07) is 14.0. The number of aromatic nitrogens is 3. The van der Waals surface area contributed by atoms with E-state index in [1.54, 1.807) is 41.2 Å². The van der Waals surface area contributed by atoms with Gasteiger partial charge in [-0.2, -0.15) is 0 Å². The number of nitrogens with zero attached hydrogens (tertiary/aromatic N) is 4. The third-order valence-corrected chi connectivity index (χ3v) is 7.23. The molecule has 4 heterocycles. The number of benzene rings is 1. The molecule has 1 saturated heterocycles. The summed E-state index contributed by atoms with van der Waals surface area (Å²) in [4.78, 5) is 49.8. The smallest absolute Gasteiger partial charge is 0.319 e. The molecule has 0 unspecified atom stereocenters. The highest BCUT2D eigenvalue weighted by atomic mass is 16.2. The molecule has 0 aliphatic carbocycles. The number of piperazine rings is 1. The maximum atomic E-state index is 13.4. The van der Waals surface area contributed by atoms with Gasteiger partial charge in [0.15, 0.2) is 0 Å². The van der Waals surface area contributed by atoms with Crippen LogP contribution in [-0.4, -0.2) is 70.6 Å². The van der Waals surface area contributed by atoms with E-state index < -0.39 is 11.3 Å². The van der Waals surface area contributed by atoms with Crippen LogP contribution in [0.4, 0.5) is 16.3 Å². The van der Waals surface area contributed by atoms with Gasteiger partial charge in [-0.25, -0.2) is 9.78 Å². The Bertz CT molecular complexity index is 1620. The van der Waals surface area contributed by atoms with Gasteiger partial charge in [0.2, 0.25) is 5.43 Å². The molecule has 0 bridgehead atoms. The van der Waals surface area contributed by atoms with Gasteiger partial charge in [-0.3, -0.25) is 19.5 Å². The minimum absolute atomic E-state index is 0.0588. The quantitative estimate of drug-likeness (QED) is 0.205. The fraction of sp³-hybridized carbons (Fsp3) is 0.300. The molecule has 5 rings (SSSR count). The van der Waals surface area contributed by atoms with Crippen molar-refractivity contribution in [1.82, 2.24) is 35.4 Å². The number of pyridine rings is 3. The fourth-order valence-electron chi connectivity index (χ4n) is 4.97. The molecule has 4 aromatic rings. The Balaban J connectivity index is 1.30. The molecule has 1 fully saturated rings. The molecular weight excluding hydrogens is 534 g/mol. The van der Waals surface area contributed by atoms with Gasteiger partial charge in [0.1, 0.15) is 17.0 Å². The number of amides is 3. The van der Waals surface area contributed by atoms with E-state index in [1.807, 2.05) is 31.2 Å². The summed E-state index contributed by atoms with van der Waals surface area (Å²) in [7, 11) is 0. The number of hydrogen-bond donors (Lipinski definition) is 5. The van der Waals surface area contributed by atoms with Crippen molar-refractivity contribution >= 4 is 34.5 Å². The van der Waals surface area contributed by atoms with Crippen LogP contribution in [0.1, 0.15) is 22.8 Å². The number of nitrogen functional groups attached to an aromatic ring is 1. The fourth-order valence-corrected chi connectivity index (χ4v) is 4.97. The van der Waals surface area contributed by atoms with Crippen molar-refractivity contribution in [3.8, 4) is 11.3 Å². The van der Waals surface area contributed by atoms with E-state index in [9.17, 15) is 14.4 Å². The molecule has 42 heavy (non-hydrogen) atoms. The molecule has 1 aromatic carbocycles. The lowest BCUT2D eigenvalue weighted by Gasteiger charge is -2.27. The summed E-state index contributed by atoms with van der Waals surface area (Å²) >= 11 is 0. The van der Waals surface area contributed by atoms with Crippen molar-refractivity contribution in [3.05, 3.63) is 82.3 Å². The summed E-state index contributed by atoms with van der Waals surface area (Å²) in [6.07, 6.45) is 3.38. The highest BCUT2D eigenvalue weighted by Crippen LogP contribution is 2.24. The maximum Gasteiger partial charge on any atom is 0.319 e. The largest absolute Gasteiger partial charge is 0.384 e. The number of nitrogens with one attached hydrogen (secondary N) is 4. The summed E-state index contributed by atoms with van der Waals surface area (Å²) in [6.45, 7) is 7.51. The monoisotopic (exact) mass is 569 g/mol. The van der Waals surface area contributed by atoms with Crippen molar-refractivity contribution in [3.63, 3.8) is 0 Å². The number of nitrogens with two attached hydrogens (primary N) is 1. The Morgan fingerprint density at radius 3 is 2.55 bits per heavy atom. The van der Waals surface area contributed by atoms with Gasteiger partial charge in [-0.15, -0.1) is 0 Å². The molecule has 3 amide bonds. The van der Waals surface area contributed by atoms with Crippen molar-refractivity contribution in [2.75, 3.05) is 50.3 Å². The van der Waals surface area contributed by atoms with E-state index in [4.69, 9.17) is 10.7 Å². The first-order valence-electron chi connectivity index (χ1n) is 14.0. The topological polar surface area (TPSA) is 159 Å². The minimum Gasteiger partial charge on any atom is -0.384 e. The minimum atomic E-state index is -0.478. The number of fused-ring (bicyclic) bond motifs is 1. The first-order valence-corrected chi connectivity index (χ1v) is 14.0. The van der Waals surface area contributed by atoms with E-state index in [2.05, 4.69) is 31.2 Å². The number of aryl methyl sites for hydroxylation is 1. The molecule has 0 radical (unpaired) electrons. The maximum absolute atomic E-state index is 13.4. The van der Waals surface area contributed by atoms with Crippen LogP contribution in [0, 0.1) is 0 Å². The van der Waals surface area contributed by atoms with Gasteiger partial charge in [0, 0.05) is 76.0 Å². The van der Waals surface area contributed by atoms with Crippen LogP contribution in [-0.2, 0) is 13.1 Å². The van der Waals surface area contributed by atoms with Crippen LogP contribution >= 0.6 is 0 Å². The average Bonchev–Trinajstić information content (AvgIpc) is 3.01. The van der Waals surface area contributed by atoms with Crippen molar-refractivity contribution in [1.29, 1.82) is 0 Å². The third-order valence-electron chi connectivity index (χ3n) is 7.23. The van der Waals surface area contributed by atoms with Gasteiger partial charge in [0.25, 0.3) is 5.91 Å². The molecule has 1 aliphatic rings. The van der Waals surface area contributed by atoms with Crippen molar-refractivity contribution in [2.45, 2.75) is 20.0 Å². The van der Waals surface area contributed by atoms with Crippen LogP contribution in [0.5, 0.6) is 0 Å². The average molecular weight is 570 g/mol. The molecule has 1 aliphatic heterocycles. The number of rotatable bonds is 9. The summed E-state index contributed by atoms with van der Waals surface area (Å²) in [5.41, 5.74) is 9.23. The van der Waals surface area contributed by atoms with Gasteiger partial charge in [0.05, 0.1) is 11.1 Å². The number of carbonyl (C=O) groups is 2. The Labute approximate surface area is 243 Å². The lowest BCUT2D eigenvalue weighted by atomic mass is 10.1. The summed E-state index contributed by atoms with van der Waals surface area (Å²) < 4.78 is 1.69. The Hall–Kier alpha value is -4.81. The molecule has 12 heteroatoms. The van der Waals surface area contributed by atoms with Crippen LogP contribution < -0.4 is 32.4 Å². The second-order valence-corrected chi connectivity index (χ2v) is 10.00. The molecule has 0 atom stereocenters. The van der Waals surface area contributed by atoms with Gasteiger partial charge in [-0.1, -0.05) is 18.2 Å². The Kier molecular flexibility index (Phi) is 9.05. The molecule has 6 N–H and O–H groups in total. The zero-order valence-corrected chi connectivity index (χ0v) is 23.5. The lowest BCUT2D eigenvalue weighted by Crippen LogP contribution is -2.46. The van der Waals surface area contributed by atoms with E-state index in [0.29, 0.717) is 48.6 Å². The third kappa shape index (κ3) is 6.56. The molecule has 0 saturated carbocycles. The number of anilines is 2. The summed E-state index contributed by atoms with van der Waals surface area (Å²) in [5.74, 6) is -0.385. The lowest BCUT2D eigenvalue weighted by molar-refractivity contribution is 0.0946. The van der Waals surface area contributed by atoms with Crippen LogP contribution in [0.15, 0.2) is 65.7 Å². The first kappa shape index (κ1) is 28.7. The van der Waals surface area contributed by atoms with Crippen molar-refractivity contribution in [2.24, 2.45) is 0 Å². The number of urea groups is 1. The first-order chi connectivity index (χ1) is 20.4. The SMILES string of the molecule is CCn1c(N)c(C(=O)NCCN2CCNCC2)c(=O)c2ccc(-c3ccc(NC(=O)NCc4cccnc4)cc3)nc21. The van der Waals surface area contributed by atoms with Gasteiger partial charge >= 0.3 is 6.03 Å². The zero-order chi connectivity index (χ0) is 29.5. The van der Waals surface area contributed by atoms with Crippen LogP contribution in [0.25, 0.3) is 22.3 Å². The van der Waals surface area contributed by atoms with E-state index in [0.717, 1.165) is 37.3 Å². The standard InChI is InChI=1S/C30H35N9O3/c1-2-39-27(31)25(29(41)34-14-17-38-15-12-32-13-16-38)26(40)23-9-10-24(37-28(23)39)21-5-7-22(8-6-21)36-30(42)35-19-20-4-3-11-33-18-20/h3-11,18,32H,2,12-17,19,31H2,1H3,(H,34,41)(H2,35,36,42). The zero-order valence-electron chi connectivity index (χ0n) is 23.5. The Morgan fingerprint density at radius 1 is 1.05 bits per heavy atom.